The predicted molar refractivity (Wildman–Crippen MR) is 94.9 cm³/mol. The van der Waals surface area contributed by atoms with Crippen LogP contribution in [-0.4, -0.2) is 31.1 Å². The molecule has 1 amide bonds. The number of amides is 1. The summed E-state index contributed by atoms with van der Waals surface area (Å²) < 4.78 is 1.82. The molecule has 0 saturated heterocycles. The largest absolute Gasteiger partial charge is 0.357 e. The average molecular weight is 339 g/mol. The fourth-order valence-corrected chi connectivity index (χ4v) is 2.82. The first-order valence-corrected chi connectivity index (χ1v) is 8.33. The highest BCUT2D eigenvalue weighted by Crippen LogP contribution is 2.26. The maximum absolute atomic E-state index is 11.1. The number of carbonyl (C=O) groups excluding carboxylic acids is 1. The monoisotopic (exact) mass is 339 g/mol. The molecule has 0 radical (unpaired) electrons. The Morgan fingerprint density at radius 1 is 1.44 bits per heavy atom. The van der Waals surface area contributed by atoms with Crippen LogP contribution in [0.5, 0.6) is 0 Å². The number of unbranched alkanes of at least 4 members (excludes halogenated alkanes) is 1. The summed E-state index contributed by atoms with van der Waals surface area (Å²) in [6.45, 7) is 2.16. The number of benzene rings is 1. The third-order valence-corrected chi connectivity index (χ3v) is 4.10. The first-order chi connectivity index (χ1) is 12.2. The molecule has 2 aromatic heterocycles. The van der Waals surface area contributed by atoms with Gasteiger partial charge in [0.15, 0.2) is 0 Å². The molecule has 0 bridgehead atoms. The highest BCUT2D eigenvalue weighted by Gasteiger charge is 2.17. The summed E-state index contributed by atoms with van der Waals surface area (Å²) in [5, 5.41) is 18.0. The van der Waals surface area contributed by atoms with Crippen LogP contribution < -0.4 is 5.48 Å². The van der Waals surface area contributed by atoms with Gasteiger partial charge in [-0.05, 0) is 30.0 Å². The van der Waals surface area contributed by atoms with Gasteiger partial charge in [0.25, 0.3) is 5.91 Å². The molecule has 3 rings (SSSR count). The highest BCUT2D eigenvalue weighted by molar-refractivity contribution is 5.90. The zero-order valence-electron chi connectivity index (χ0n) is 14.0. The molecular weight excluding hydrogens is 318 g/mol. The van der Waals surface area contributed by atoms with Crippen LogP contribution in [0, 0.1) is 0 Å². The molecule has 1 aromatic carbocycles. The molecule has 0 fully saturated rings. The minimum atomic E-state index is -0.604. The Labute approximate surface area is 145 Å². The second-order valence-electron chi connectivity index (χ2n) is 5.90. The van der Waals surface area contributed by atoms with E-state index in [4.69, 9.17) is 5.21 Å². The van der Waals surface area contributed by atoms with Crippen molar-refractivity contribution in [3.63, 3.8) is 0 Å². The number of H-pyrrole nitrogens is 1. The van der Waals surface area contributed by atoms with Crippen LogP contribution in [0.4, 0.5) is 0 Å². The van der Waals surface area contributed by atoms with Gasteiger partial charge >= 0.3 is 0 Å². The summed E-state index contributed by atoms with van der Waals surface area (Å²) in [7, 11) is 0. The molecule has 0 aliphatic rings. The van der Waals surface area contributed by atoms with E-state index in [0.717, 1.165) is 30.5 Å². The Kier molecular flexibility index (Phi) is 5.25. The molecule has 7 nitrogen and oxygen atoms in total. The van der Waals surface area contributed by atoms with E-state index in [2.05, 4.69) is 40.4 Å². The fourth-order valence-electron chi connectivity index (χ4n) is 2.82. The number of para-hydroxylation sites is 1. The number of hydrogen-bond donors (Lipinski definition) is 3. The zero-order valence-corrected chi connectivity index (χ0v) is 14.0. The SMILES string of the molecule is CCCCC(c1cc2ccccc2[nH]1)n1cc(C=CC(=O)NO)nn1. The van der Waals surface area contributed by atoms with Crippen molar-refractivity contribution in [2.75, 3.05) is 0 Å². The van der Waals surface area contributed by atoms with Gasteiger partial charge in [0, 0.05) is 17.3 Å². The van der Waals surface area contributed by atoms with E-state index in [0.29, 0.717) is 5.69 Å². The van der Waals surface area contributed by atoms with Crippen molar-refractivity contribution >= 4 is 22.9 Å². The highest BCUT2D eigenvalue weighted by atomic mass is 16.5. The molecule has 130 valence electrons. The van der Waals surface area contributed by atoms with Gasteiger partial charge in [0.2, 0.25) is 0 Å². The lowest BCUT2D eigenvalue weighted by molar-refractivity contribution is -0.124. The number of rotatable bonds is 7. The van der Waals surface area contributed by atoms with Crippen LogP contribution in [0.3, 0.4) is 0 Å². The molecule has 0 aliphatic carbocycles. The van der Waals surface area contributed by atoms with Gasteiger partial charge in [-0.2, -0.15) is 0 Å². The second-order valence-corrected chi connectivity index (χ2v) is 5.90. The van der Waals surface area contributed by atoms with E-state index < -0.39 is 5.91 Å². The van der Waals surface area contributed by atoms with Crippen LogP contribution >= 0.6 is 0 Å². The molecule has 1 unspecified atom stereocenters. The minimum absolute atomic E-state index is 0.0497. The van der Waals surface area contributed by atoms with Crippen molar-refractivity contribution in [1.29, 1.82) is 0 Å². The zero-order chi connectivity index (χ0) is 17.6. The molecule has 3 aromatic rings. The molecule has 0 aliphatic heterocycles. The van der Waals surface area contributed by atoms with Crippen LogP contribution in [0.25, 0.3) is 17.0 Å². The maximum atomic E-state index is 11.1. The number of nitrogens with one attached hydrogen (secondary N) is 2. The van der Waals surface area contributed by atoms with Gasteiger partial charge in [-0.1, -0.05) is 43.2 Å². The average Bonchev–Trinajstić information content (AvgIpc) is 3.27. The minimum Gasteiger partial charge on any atom is -0.357 e. The fraction of sp³-hybridized carbons (Fsp3) is 0.278. The molecule has 7 heteroatoms. The van der Waals surface area contributed by atoms with Crippen molar-refractivity contribution in [2.45, 2.75) is 32.2 Å². The smallest absolute Gasteiger partial charge is 0.267 e. The van der Waals surface area contributed by atoms with Crippen molar-refractivity contribution < 1.29 is 10.0 Å². The Bertz CT molecular complexity index is 847. The van der Waals surface area contributed by atoms with Gasteiger partial charge < -0.3 is 4.98 Å². The van der Waals surface area contributed by atoms with Gasteiger partial charge in [-0.3, -0.25) is 10.0 Å². The number of hydroxylamine groups is 1. The normalized spacial score (nSPS) is 12.7. The summed E-state index contributed by atoms with van der Waals surface area (Å²) in [6.07, 6.45) is 7.61. The van der Waals surface area contributed by atoms with E-state index in [1.165, 1.54) is 17.5 Å². The van der Waals surface area contributed by atoms with E-state index >= 15 is 0 Å². The summed E-state index contributed by atoms with van der Waals surface area (Å²) in [6, 6.07) is 10.4. The number of hydrogen-bond acceptors (Lipinski definition) is 4. The molecule has 25 heavy (non-hydrogen) atoms. The van der Waals surface area contributed by atoms with Crippen molar-refractivity contribution in [2.24, 2.45) is 0 Å². The van der Waals surface area contributed by atoms with Gasteiger partial charge in [-0.15, -0.1) is 5.10 Å². The van der Waals surface area contributed by atoms with Crippen LogP contribution in [0.2, 0.25) is 0 Å². The van der Waals surface area contributed by atoms with E-state index in [1.807, 2.05) is 16.8 Å². The van der Waals surface area contributed by atoms with Gasteiger partial charge in [0.05, 0.1) is 12.2 Å². The Hall–Kier alpha value is -2.93. The number of aromatic nitrogens is 4. The summed E-state index contributed by atoms with van der Waals surface area (Å²) in [5.74, 6) is -0.604. The molecule has 0 spiro atoms. The van der Waals surface area contributed by atoms with Gasteiger partial charge in [0.1, 0.15) is 5.69 Å². The Morgan fingerprint density at radius 3 is 3.04 bits per heavy atom. The van der Waals surface area contributed by atoms with E-state index in [9.17, 15) is 4.79 Å². The van der Waals surface area contributed by atoms with Gasteiger partial charge in [-0.25, -0.2) is 10.2 Å². The summed E-state index contributed by atoms with van der Waals surface area (Å²) in [4.78, 5) is 14.5. The predicted octanol–water partition coefficient (Wildman–Crippen LogP) is 3.06. The first-order valence-electron chi connectivity index (χ1n) is 8.33. The Balaban J connectivity index is 1.89. The second kappa shape index (κ2) is 7.76. The third-order valence-electron chi connectivity index (χ3n) is 4.10. The Morgan fingerprint density at radius 2 is 2.28 bits per heavy atom. The van der Waals surface area contributed by atoms with Crippen LogP contribution in [0.15, 0.2) is 42.6 Å². The number of carbonyl (C=O) groups is 1. The van der Waals surface area contributed by atoms with Crippen LogP contribution in [-0.2, 0) is 4.79 Å². The third kappa shape index (κ3) is 3.95. The molecule has 1 atom stereocenters. The van der Waals surface area contributed by atoms with Crippen molar-refractivity contribution in [3.8, 4) is 0 Å². The number of nitrogens with zero attached hydrogens (tertiary/aromatic N) is 3. The van der Waals surface area contributed by atoms with Crippen LogP contribution in [0.1, 0.15) is 43.6 Å². The number of fused-ring (bicyclic) bond motifs is 1. The standard InChI is InChI=1S/C18H21N5O2/c1-2-3-8-17(16-11-13-6-4-5-7-15(13)19-16)23-12-14(20-22-23)9-10-18(24)21-25/h4-7,9-12,17,19,25H,2-3,8H2,1H3,(H,21,24). The summed E-state index contributed by atoms with van der Waals surface area (Å²) >= 11 is 0. The van der Waals surface area contributed by atoms with Crippen molar-refractivity contribution in [3.05, 3.63) is 54.0 Å². The molecular formula is C18H21N5O2. The quantitative estimate of drug-likeness (QED) is 0.350. The molecule has 2 heterocycles. The molecule has 0 saturated carbocycles. The number of aromatic amines is 1. The lowest BCUT2D eigenvalue weighted by Gasteiger charge is -2.15. The van der Waals surface area contributed by atoms with E-state index in [1.54, 1.807) is 11.7 Å². The van der Waals surface area contributed by atoms with E-state index in [-0.39, 0.29) is 6.04 Å². The lowest BCUT2D eigenvalue weighted by Crippen LogP contribution is -2.14. The molecule has 3 N–H and O–H groups in total. The summed E-state index contributed by atoms with van der Waals surface area (Å²) in [5.41, 5.74) is 4.29. The maximum Gasteiger partial charge on any atom is 0.267 e. The first kappa shape index (κ1) is 16.9. The topological polar surface area (TPSA) is 95.8 Å². The van der Waals surface area contributed by atoms with Crippen molar-refractivity contribution in [1.82, 2.24) is 25.5 Å². The lowest BCUT2D eigenvalue weighted by atomic mass is 10.1.